The third-order valence-corrected chi connectivity index (χ3v) is 6.00. The summed E-state index contributed by atoms with van der Waals surface area (Å²) in [4.78, 5) is 17.6. The number of carbonyl (C=O) groups is 1. The van der Waals surface area contributed by atoms with E-state index in [1.807, 2.05) is 23.6 Å². The first kappa shape index (κ1) is 18.7. The van der Waals surface area contributed by atoms with Gasteiger partial charge in [0.25, 0.3) is 5.91 Å². The van der Waals surface area contributed by atoms with Crippen LogP contribution >= 0.6 is 22.9 Å². The first-order chi connectivity index (χ1) is 13.5. The highest BCUT2D eigenvalue weighted by atomic mass is 35.5. The lowest BCUT2D eigenvalue weighted by molar-refractivity contribution is 0.103. The molecule has 28 heavy (non-hydrogen) atoms. The van der Waals surface area contributed by atoms with Gasteiger partial charge in [-0.25, -0.2) is 4.98 Å². The Kier molecular flexibility index (Phi) is 5.20. The zero-order valence-electron chi connectivity index (χ0n) is 15.5. The van der Waals surface area contributed by atoms with Gasteiger partial charge in [0.1, 0.15) is 5.52 Å². The van der Waals surface area contributed by atoms with Crippen molar-refractivity contribution >= 4 is 45.6 Å². The number of anilines is 1. The molecule has 0 spiro atoms. The molecule has 4 nitrogen and oxygen atoms in total. The van der Waals surface area contributed by atoms with Gasteiger partial charge in [-0.3, -0.25) is 4.79 Å². The third-order valence-electron chi connectivity index (χ3n) is 4.80. The number of nitrogens with one attached hydrogen (secondary N) is 1. The second-order valence-electron chi connectivity index (χ2n) is 6.68. The standard InChI is InChI=1S/C22H19ClN2O2S/c1-3-13(2)14-7-9-19-18(11-14)25-22(27-19)15-6-8-16(23)17(12-15)24-21(26)20-5-4-10-28-20/h4-13H,3H2,1-2H3,(H,24,26). The van der Waals surface area contributed by atoms with Crippen molar-refractivity contribution in [3.05, 3.63) is 69.4 Å². The van der Waals surface area contributed by atoms with E-state index in [0.29, 0.717) is 27.4 Å². The molecule has 1 N–H and O–H groups in total. The molecule has 1 amide bonds. The summed E-state index contributed by atoms with van der Waals surface area (Å²) in [5.74, 6) is 0.781. The van der Waals surface area contributed by atoms with E-state index < -0.39 is 0 Å². The summed E-state index contributed by atoms with van der Waals surface area (Å²) in [5.41, 5.74) is 4.09. The van der Waals surface area contributed by atoms with Crippen LogP contribution in [0.1, 0.15) is 41.4 Å². The lowest BCUT2D eigenvalue weighted by Crippen LogP contribution is -2.10. The molecule has 2 heterocycles. The molecule has 0 aliphatic carbocycles. The number of benzene rings is 2. The van der Waals surface area contributed by atoms with Gasteiger partial charge in [0.2, 0.25) is 5.89 Å². The molecule has 2 aromatic carbocycles. The summed E-state index contributed by atoms with van der Waals surface area (Å²) in [7, 11) is 0. The van der Waals surface area contributed by atoms with Gasteiger partial charge in [0.15, 0.2) is 5.58 Å². The maximum atomic E-state index is 12.3. The number of thiophene rings is 1. The third kappa shape index (κ3) is 3.68. The molecule has 2 aromatic heterocycles. The number of carbonyl (C=O) groups excluding carboxylic acids is 1. The number of hydrogen-bond donors (Lipinski definition) is 1. The zero-order chi connectivity index (χ0) is 19.7. The molecule has 1 atom stereocenters. The second-order valence-corrected chi connectivity index (χ2v) is 8.04. The molecular weight excluding hydrogens is 392 g/mol. The summed E-state index contributed by atoms with van der Waals surface area (Å²) in [6.45, 7) is 4.37. The molecule has 0 bridgehead atoms. The molecule has 0 aliphatic rings. The molecule has 4 rings (SSSR count). The van der Waals surface area contributed by atoms with Crippen molar-refractivity contribution in [2.75, 3.05) is 5.32 Å². The minimum Gasteiger partial charge on any atom is -0.436 e. The number of hydrogen-bond acceptors (Lipinski definition) is 4. The second kappa shape index (κ2) is 7.78. The highest BCUT2D eigenvalue weighted by Gasteiger charge is 2.14. The predicted molar refractivity (Wildman–Crippen MR) is 115 cm³/mol. The van der Waals surface area contributed by atoms with Crippen LogP contribution in [-0.4, -0.2) is 10.9 Å². The molecule has 6 heteroatoms. The minimum absolute atomic E-state index is 0.190. The number of amides is 1. The summed E-state index contributed by atoms with van der Waals surface area (Å²) < 4.78 is 5.93. The molecule has 0 fully saturated rings. The van der Waals surface area contributed by atoms with Crippen LogP contribution in [0.2, 0.25) is 5.02 Å². The Morgan fingerprint density at radius 3 is 2.86 bits per heavy atom. The molecule has 0 radical (unpaired) electrons. The first-order valence-electron chi connectivity index (χ1n) is 9.10. The maximum Gasteiger partial charge on any atom is 0.265 e. The van der Waals surface area contributed by atoms with Gasteiger partial charge < -0.3 is 9.73 Å². The molecular formula is C22H19ClN2O2S. The summed E-state index contributed by atoms with van der Waals surface area (Å²) in [5, 5.41) is 5.18. The van der Waals surface area contributed by atoms with Gasteiger partial charge in [0, 0.05) is 5.56 Å². The Morgan fingerprint density at radius 2 is 2.11 bits per heavy atom. The topological polar surface area (TPSA) is 55.1 Å². The smallest absolute Gasteiger partial charge is 0.265 e. The van der Waals surface area contributed by atoms with Crippen molar-refractivity contribution < 1.29 is 9.21 Å². The van der Waals surface area contributed by atoms with Crippen molar-refractivity contribution in [1.29, 1.82) is 0 Å². The Balaban J connectivity index is 1.66. The van der Waals surface area contributed by atoms with Crippen LogP contribution in [0.5, 0.6) is 0 Å². The van der Waals surface area contributed by atoms with Crippen molar-refractivity contribution in [3.63, 3.8) is 0 Å². The van der Waals surface area contributed by atoms with E-state index in [9.17, 15) is 4.79 Å². The van der Waals surface area contributed by atoms with Crippen molar-refractivity contribution in [2.24, 2.45) is 0 Å². The van der Waals surface area contributed by atoms with E-state index in [1.54, 1.807) is 18.2 Å². The lowest BCUT2D eigenvalue weighted by Gasteiger charge is -2.07. The monoisotopic (exact) mass is 410 g/mol. The summed E-state index contributed by atoms with van der Waals surface area (Å²) in [6, 6.07) is 15.1. The number of halogens is 1. The fraction of sp³-hybridized carbons (Fsp3) is 0.182. The largest absolute Gasteiger partial charge is 0.436 e. The highest BCUT2D eigenvalue weighted by molar-refractivity contribution is 7.12. The van der Waals surface area contributed by atoms with Crippen LogP contribution in [0.3, 0.4) is 0 Å². The fourth-order valence-corrected chi connectivity index (χ4v) is 3.74. The average molecular weight is 411 g/mol. The van der Waals surface area contributed by atoms with Crippen molar-refractivity contribution in [2.45, 2.75) is 26.2 Å². The van der Waals surface area contributed by atoms with E-state index in [0.717, 1.165) is 23.1 Å². The van der Waals surface area contributed by atoms with Crippen LogP contribution in [0, 0.1) is 0 Å². The molecule has 0 saturated carbocycles. The molecule has 1 unspecified atom stereocenters. The van der Waals surface area contributed by atoms with Gasteiger partial charge >= 0.3 is 0 Å². The molecule has 4 aromatic rings. The number of nitrogens with zero attached hydrogens (tertiary/aromatic N) is 1. The average Bonchev–Trinajstić information content (AvgIpc) is 3.38. The van der Waals surface area contributed by atoms with Crippen LogP contribution in [0.4, 0.5) is 5.69 Å². The van der Waals surface area contributed by atoms with E-state index in [2.05, 4.69) is 36.3 Å². The molecule has 0 saturated heterocycles. The number of aromatic nitrogens is 1. The quantitative estimate of drug-likeness (QED) is 0.386. The summed E-state index contributed by atoms with van der Waals surface area (Å²) >= 11 is 7.66. The Morgan fingerprint density at radius 1 is 1.25 bits per heavy atom. The van der Waals surface area contributed by atoms with Crippen LogP contribution in [0.25, 0.3) is 22.6 Å². The van der Waals surface area contributed by atoms with Gasteiger partial charge in [-0.2, -0.15) is 0 Å². The predicted octanol–water partition coefficient (Wildman–Crippen LogP) is 6.98. The Bertz CT molecular complexity index is 1130. The van der Waals surface area contributed by atoms with E-state index >= 15 is 0 Å². The number of rotatable bonds is 5. The van der Waals surface area contributed by atoms with Gasteiger partial charge in [-0.15, -0.1) is 11.3 Å². The van der Waals surface area contributed by atoms with E-state index in [-0.39, 0.29) is 5.91 Å². The number of fused-ring (bicyclic) bond motifs is 1. The highest BCUT2D eigenvalue weighted by Crippen LogP contribution is 2.32. The molecule has 142 valence electrons. The Hall–Kier alpha value is -2.63. The van der Waals surface area contributed by atoms with Crippen molar-refractivity contribution in [3.8, 4) is 11.5 Å². The van der Waals surface area contributed by atoms with Crippen molar-refractivity contribution in [1.82, 2.24) is 4.98 Å². The van der Waals surface area contributed by atoms with Gasteiger partial charge in [-0.1, -0.05) is 37.6 Å². The van der Waals surface area contributed by atoms with E-state index in [1.165, 1.54) is 16.9 Å². The zero-order valence-corrected chi connectivity index (χ0v) is 17.1. The fourth-order valence-electron chi connectivity index (χ4n) is 2.96. The minimum atomic E-state index is -0.190. The SMILES string of the molecule is CCC(C)c1ccc2oc(-c3ccc(Cl)c(NC(=O)c4cccs4)c3)nc2c1. The normalized spacial score (nSPS) is 12.2. The molecule has 0 aliphatic heterocycles. The number of oxazole rings is 1. The summed E-state index contributed by atoms with van der Waals surface area (Å²) in [6.07, 6.45) is 1.07. The lowest BCUT2D eigenvalue weighted by atomic mass is 9.98. The van der Waals surface area contributed by atoms with Crippen LogP contribution in [-0.2, 0) is 0 Å². The first-order valence-corrected chi connectivity index (χ1v) is 10.4. The Labute approximate surface area is 172 Å². The maximum absolute atomic E-state index is 12.3. The van der Waals surface area contributed by atoms with Crippen LogP contribution in [0.15, 0.2) is 58.3 Å². The van der Waals surface area contributed by atoms with E-state index in [4.69, 9.17) is 16.0 Å². The van der Waals surface area contributed by atoms with Gasteiger partial charge in [-0.05, 0) is 59.7 Å². The van der Waals surface area contributed by atoms with Gasteiger partial charge in [0.05, 0.1) is 15.6 Å². The van der Waals surface area contributed by atoms with Crippen LogP contribution < -0.4 is 5.32 Å².